The number of rotatable bonds is 1. The van der Waals surface area contributed by atoms with E-state index in [0.29, 0.717) is 0 Å². The van der Waals surface area contributed by atoms with Gasteiger partial charge in [0.15, 0.2) is 0 Å². The van der Waals surface area contributed by atoms with Gasteiger partial charge in [0, 0.05) is 19.1 Å². The molecule has 0 aliphatic carbocycles. The number of likely N-dealkylation sites (tertiary alicyclic amines) is 1. The molecule has 2 saturated heterocycles. The lowest BCUT2D eigenvalue weighted by Crippen LogP contribution is -2.48. The van der Waals surface area contributed by atoms with Crippen LogP contribution in [0.2, 0.25) is 0 Å². The predicted molar refractivity (Wildman–Crippen MR) is 64.3 cm³/mol. The average molecular weight is 214 g/mol. The van der Waals surface area contributed by atoms with Crippen molar-refractivity contribution in [3.63, 3.8) is 0 Å². The van der Waals surface area contributed by atoms with E-state index in [0.717, 1.165) is 32.3 Å². The van der Waals surface area contributed by atoms with Gasteiger partial charge in [0.2, 0.25) is 0 Å². The van der Waals surface area contributed by atoms with Crippen LogP contribution in [0.1, 0.15) is 26.7 Å². The molecule has 90 valence electrons. The van der Waals surface area contributed by atoms with Crippen LogP contribution in [0.15, 0.2) is 0 Å². The fourth-order valence-corrected chi connectivity index (χ4v) is 2.30. The molecule has 0 N–H and O–H groups in total. The summed E-state index contributed by atoms with van der Waals surface area (Å²) in [5.41, 5.74) is 0. The van der Waals surface area contributed by atoms with E-state index in [1.54, 1.807) is 0 Å². The highest BCUT2D eigenvalue weighted by atomic mass is 16.5. The Morgan fingerprint density at radius 3 is 2.00 bits per heavy atom. The second-order valence-corrected chi connectivity index (χ2v) is 4.18. The second kappa shape index (κ2) is 7.20. The van der Waals surface area contributed by atoms with Crippen LogP contribution < -0.4 is 0 Å². The van der Waals surface area contributed by atoms with Crippen LogP contribution in [0.3, 0.4) is 0 Å². The zero-order valence-electron chi connectivity index (χ0n) is 10.5. The maximum absolute atomic E-state index is 5.36. The first kappa shape index (κ1) is 12.9. The molecule has 0 bridgehead atoms. The largest absolute Gasteiger partial charge is 0.379 e. The van der Waals surface area contributed by atoms with Gasteiger partial charge >= 0.3 is 0 Å². The summed E-state index contributed by atoms with van der Waals surface area (Å²) in [5.74, 6) is 0. The van der Waals surface area contributed by atoms with Crippen LogP contribution in [0.5, 0.6) is 0 Å². The number of ether oxygens (including phenoxy) is 1. The van der Waals surface area contributed by atoms with Crippen molar-refractivity contribution in [1.82, 2.24) is 9.80 Å². The molecule has 2 heterocycles. The van der Waals surface area contributed by atoms with Crippen LogP contribution in [0, 0.1) is 0 Å². The molecule has 0 amide bonds. The summed E-state index contributed by atoms with van der Waals surface area (Å²) in [6, 6.07) is 0.833. The average Bonchev–Trinajstić information content (AvgIpc) is 2.34. The van der Waals surface area contributed by atoms with Gasteiger partial charge in [-0.25, -0.2) is 0 Å². The van der Waals surface area contributed by atoms with Gasteiger partial charge in [-0.1, -0.05) is 13.8 Å². The first-order valence-electron chi connectivity index (χ1n) is 6.36. The van der Waals surface area contributed by atoms with Crippen molar-refractivity contribution >= 4 is 0 Å². The highest BCUT2D eigenvalue weighted by Gasteiger charge is 2.23. The molecule has 2 aliphatic heterocycles. The van der Waals surface area contributed by atoms with Crippen LogP contribution >= 0.6 is 0 Å². The Labute approximate surface area is 94.4 Å². The zero-order valence-corrected chi connectivity index (χ0v) is 10.5. The van der Waals surface area contributed by atoms with E-state index in [2.05, 4.69) is 16.8 Å². The summed E-state index contributed by atoms with van der Waals surface area (Å²) in [5, 5.41) is 0. The Kier molecular flexibility index (Phi) is 6.22. The number of hydrogen-bond donors (Lipinski definition) is 0. The molecule has 3 heteroatoms. The monoisotopic (exact) mass is 214 g/mol. The van der Waals surface area contributed by atoms with Crippen molar-refractivity contribution in [2.24, 2.45) is 0 Å². The summed E-state index contributed by atoms with van der Waals surface area (Å²) in [6.07, 6.45) is 2.69. The summed E-state index contributed by atoms with van der Waals surface area (Å²) in [7, 11) is 2.22. The van der Waals surface area contributed by atoms with E-state index in [1.165, 1.54) is 25.9 Å². The molecule has 3 nitrogen and oxygen atoms in total. The summed E-state index contributed by atoms with van der Waals surface area (Å²) < 4.78 is 5.36. The fraction of sp³-hybridized carbons (Fsp3) is 1.00. The molecule has 0 spiro atoms. The van der Waals surface area contributed by atoms with Crippen molar-refractivity contribution in [2.75, 3.05) is 46.4 Å². The van der Waals surface area contributed by atoms with Gasteiger partial charge in [0.05, 0.1) is 13.2 Å². The van der Waals surface area contributed by atoms with E-state index in [9.17, 15) is 0 Å². The van der Waals surface area contributed by atoms with E-state index in [1.807, 2.05) is 13.8 Å². The Bertz CT molecular complexity index is 150. The maximum atomic E-state index is 5.36. The topological polar surface area (TPSA) is 15.7 Å². The summed E-state index contributed by atoms with van der Waals surface area (Å²) in [6.45, 7) is 10.7. The molecule has 0 aromatic heterocycles. The number of morpholine rings is 1. The fourth-order valence-electron chi connectivity index (χ4n) is 2.30. The number of nitrogens with zero attached hydrogens (tertiary/aromatic N) is 2. The Morgan fingerprint density at radius 1 is 0.933 bits per heavy atom. The minimum Gasteiger partial charge on any atom is -0.379 e. The SMILES string of the molecule is CC.CN1CCC(N2CCOCC2)CC1. The standard InChI is InChI=1S/C10H20N2O.C2H6/c1-11-4-2-10(3-5-11)12-6-8-13-9-7-12;1-2/h10H,2-9H2,1H3;1-2H3. The van der Waals surface area contributed by atoms with Crippen LogP contribution in [0.25, 0.3) is 0 Å². The van der Waals surface area contributed by atoms with Crippen molar-refractivity contribution < 1.29 is 4.74 Å². The third-order valence-corrected chi connectivity index (χ3v) is 3.25. The van der Waals surface area contributed by atoms with Crippen molar-refractivity contribution in [1.29, 1.82) is 0 Å². The summed E-state index contributed by atoms with van der Waals surface area (Å²) >= 11 is 0. The van der Waals surface area contributed by atoms with Crippen LogP contribution in [-0.4, -0.2) is 62.3 Å². The first-order chi connectivity index (χ1) is 7.36. The molecule has 0 aromatic carbocycles. The minimum atomic E-state index is 0.833. The number of piperidine rings is 1. The molecule has 0 atom stereocenters. The Hall–Kier alpha value is -0.120. The molecular formula is C12H26N2O. The molecule has 0 unspecified atom stereocenters. The van der Waals surface area contributed by atoms with Gasteiger partial charge < -0.3 is 9.64 Å². The lowest BCUT2D eigenvalue weighted by atomic mass is 10.0. The highest BCUT2D eigenvalue weighted by Crippen LogP contribution is 2.16. The first-order valence-corrected chi connectivity index (χ1v) is 6.36. The molecule has 2 aliphatic rings. The van der Waals surface area contributed by atoms with Crippen molar-refractivity contribution in [3.8, 4) is 0 Å². The molecule has 0 radical (unpaired) electrons. The molecule has 0 saturated carbocycles. The number of hydrogen-bond acceptors (Lipinski definition) is 3. The van der Waals surface area contributed by atoms with E-state index < -0.39 is 0 Å². The maximum Gasteiger partial charge on any atom is 0.0594 e. The Balaban J connectivity index is 0.000000531. The van der Waals surface area contributed by atoms with Crippen LogP contribution in [0.4, 0.5) is 0 Å². The van der Waals surface area contributed by atoms with Gasteiger partial charge in [-0.05, 0) is 33.0 Å². The van der Waals surface area contributed by atoms with Gasteiger partial charge in [0.25, 0.3) is 0 Å². The lowest BCUT2D eigenvalue weighted by Gasteiger charge is -2.39. The minimum absolute atomic E-state index is 0.833. The van der Waals surface area contributed by atoms with E-state index in [4.69, 9.17) is 4.74 Å². The van der Waals surface area contributed by atoms with Crippen LogP contribution in [-0.2, 0) is 4.74 Å². The third kappa shape index (κ3) is 4.09. The normalized spacial score (nSPS) is 25.8. The quantitative estimate of drug-likeness (QED) is 0.657. The summed E-state index contributed by atoms with van der Waals surface area (Å²) in [4.78, 5) is 5.04. The highest BCUT2D eigenvalue weighted by molar-refractivity contribution is 4.79. The third-order valence-electron chi connectivity index (χ3n) is 3.25. The molecular weight excluding hydrogens is 188 g/mol. The van der Waals surface area contributed by atoms with Gasteiger partial charge in [-0.3, -0.25) is 4.90 Å². The van der Waals surface area contributed by atoms with E-state index in [-0.39, 0.29) is 0 Å². The van der Waals surface area contributed by atoms with E-state index >= 15 is 0 Å². The Morgan fingerprint density at radius 2 is 1.47 bits per heavy atom. The van der Waals surface area contributed by atoms with Crippen molar-refractivity contribution in [2.45, 2.75) is 32.7 Å². The van der Waals surface area contributed by atoms with Gasteiger partial charge in [0.1, 0.15) is 0 Å². The molecule has 0 aromatic rings. The van der Waals surface area contributed by atoms with Gasteiger partial charge in [-0.2, -0.15) is 0 Å². The molecule has 2 fully saturated rings. The lowest BCUT2D eigenvalue weighted by molar-refractivity contribution is 0.00290. The van der Waals surface area contributed by atoms with Gasteiger partial charge in [-0.15, -0.1) is 0 Å². The predicted octanol–water partition coefficient (Wildman–Crippen LogP) is 1.44. The second-order valence-electron chi connectivity index (χ2n) is 4.18. The molecule has 15 heavy (non-hydrogen) atoms. The molecule has 2 rings (SSSR count). The van der Waals surface area contributed by atoms with Crippen molar-refractivity contribution in [3.05, 3.63) is 0 Å². The zero-order chi connectivity index (χ0) is 11.1. The smallest absolute Gasteiger partial charge is 0.0594 e.